The normalized spacial score (nSPS) is 19.4. The van der Waals surface area contributed by atoms with Gasteiger partial charge in [0.15, 0.2) is 0 Å². The van der Waals surface area contributed by atoms with Crippen molar-refractivity contribution in [3.63, 3.8) is 0 Å². The molecule has 0 aromatic carbocycles. The first-order valence-corrected chi connectivity index (χ1v) is 3.41. The van der Waals surface area contributed by atoms with Crippen LogP contribution in [0.15, 0.2) is 0 Å². The van der Waals surface area contributed by atoms with E-state index in [1.54, 1.807) is 0 Å². The van der Waals surface area contributed by atoms with Gasteiger partial charge >= 0.3 is 0 Å². The lowest BCUT2D eigenvalue weighted by Gasteiger charge is -2.38. The van der Waals surface area contributed by atoms with Crippen LogP contribution in [0.4, 0.5) is 8.78 Å². The fourth-order valence-corrected chi connectivity index (χ4v) is 0.970. The van der Waals surface area contributed by atoms with Crippen LogP contribution < -0.4 is 5.73 Å². The van der Waals surface area contributed by atoms with Crippen molar-refractivity contribution in [1.29, 1.82) is 0 Å². The minimum atomic E-state index is -2.66. The second-order valence-corrected chi connectivity index (χ2v) is 2.64. The summed E-state index contributed by atoms with van der Waals surface area (Å²) in [5.41, 5.74) is 5.08. The molecule has 0 aromatic rings. The predicted octanol–water partition coefficient (Wildman–Crippen LogP) is 0.234. The van der Waals surface area contributed by atoms with E-state index in [0.29, 0.717) is 0 Å². The highest BCUT2D eigenvalue weighted by Crippen LogP contribution is 2.26. The van der Waals surface area contributed by atoms with Crippen LogP contribution in [0, 0.1) is 0 Å². The third kappa shape index (κ3) is 2.57. The molecule has 0 radical (unpaired) electrons. The maximum atomic E-state index is 12.2. The SMILES string of the molecule is Cl.NCCC(=O)N1CC(F)(F)C1. The van der Waals surface area contributed by atoms with Crippen LogP contribution >= 0.6 is 12.4 Å². The molecule has 6 heteroatoms. The Balaban J connectivity index is 0.00000121. The maximum Gasteiger partial charge on any atom is 0.282 e. The zero-order chi connectivity index (χ0) is 8.48. The molecule has 0 saturated carbocycles. The van der Waals surface area contributed by atoms with E-state index in [-0.39, 0.29) is 31.3 Å². The largest absolute Gasteiger partial charge is 0.330 e. The number of nitrogens with two attached hydrogens (primary N) is 1. The lowest BCUT2D eigenvalue weighted by atomic mass is 10.1. The van der Waals surface area contributed by atoms with Gasteiger partial charge < -0.3 is 10.6 Å². The van der Waals surface area contributed by atoms with Crippen LogP contribution in [0.25, 0.3) is 0 Å². The molecule has 1 heterocycles. The molecule has 72 valence electrons. The number of halogens is 3. The van der Waals surface area contributed by atoms with E-state index in [1.807, 2.05) is 0 Å². The standard InChI is InChI=1S/C6H10F2N2O.ClH/c7-6(8)3-10(4-6)5(11)1-2-9;/h1-4,9H2;1H. The number of rotatable bonds is 2. The molecule has 0 bridgehead atoms. The van der Waals surface area contributed by atoms with Crippen molar-refractivity contribution >= 4 is 18.3 Å². The number of carbonyl (C=O) groups excluding carboxylic acids is 1. The highest BCUT2D eigenvalue weighted by molar-refractivity contribution is 5.85. The van der Waals surface area contributed by atoms with Crippen LogP contribution in [-0.4, -0.2) is 36.4 Å². The third-order valence-electron chi connectivity index (χ3n) is 1.56. The number of alkyl halides is 2. The summed E-state index contributed by atoms with van der Waals surface area (Å²) in [4.78, 5) is 11.9. The minimum absolute atomic E-state index is 0. The Morgan fingerprint density at radius 1 is 1.50 bits per heavy atom. The molecule has 1 fully saturated rings. The van der Waals surface area contributed by atoms with E-state index >= 15 is 0 Å². The summed E-state index contributed by atoms with van der Waals surface area (Å²) in [6, 6.07) is 0. The summed E-state index contributed by atoms with van der Waals surface area (Å²) in [5, 5.41) is 0. The first-order valence-electron chi connectivity index (χ1n) is 3.41. The Labute approximate surface area is 75.3 Å². The molecule has 0 aliphatic carbocycles. The van der Waals surface area contributed by atoms with Crippen molar-refractivity contribution in [3.8, 4) is 0 Å². The zero-order valence-corrected chi connectivity index (χ0v) is 7.24. The second kappa shape index (κ2) is 4.00. The van der Waals surface area contributed by atoms with Gasteiger partial charge in [0, 0.05) is 13.0 Å². The molecule has 12 heavy (non-hydrogen) atoms. The molecule has 0 unspecified atom stereocenters. The minimum Gasteiger partial charge on any atom is -0.330 e. The van der Waals surface area contributed by atoms with E-state index in [4.69, 9.17) is 5.73 Å². The van der Waals surface area contributed by atoms with Crippen molar-refractivity contribution in [3.05, 3.63) is 0 Å². The second-order valence-electron chi connectivity index (χ2n) is 2.64. The van der Waals surface area contributed by atoms with Gasteiger partial charge in [0.2, 0.25) is 5.91 Å². The van der Waals surface area contributed by atoms with Crippen molar-refractivity contribution in [2.45, 2.75) is 12.3 Å². The van der Waals surface area contributed by atoms with Gasteiger partial charge in [0.25, 0.3) is 5.92 Å². The van der Waals surface area contributed by atoms with E-state index < -0.39 is 19.0 Å². The molecule has 1 aliphatic heterocycles. The van der Waals surface area contributed by atoms with Crippen LogP contribution in [-0.2, 0) is 4.79 Å². The number of hydrogen-bond donors (Lipinski definition) is 1. The summed E-state index contributed by atoms with van der Waals surface area (Å²) >= 11 is 0. The summed E-state index contributed by atoms with van der Waals surface area (Å²) in [6.45, 7) is -0.654. The van der Waals surface area contributed by atoms with Crippen LogP contribution in [0.2, 0.25) is 0 Å². The third-order valence-corrected chi connectivity index (χ3v) is 1.56. The molecule has 2 N–H and O–H groups in total. The van der Waals surface area contributed by atoms with E-state index in [2.05, 4.69) is 0 Å². The quantitative estimate of drug-likeness (QED) is 0.694. The number of likely N-dealkylation sites (tertiary alicyclic amines) is 1. The van der Waals surface area contributed by atoms with E-state index in [0.717, 1.165) is 4.90 Å². The fraction of sp³-hybridized carbons (Fsp3) is 0.833. The molecule has 1 amide bonds. The molecule has 0 aromatic heterocycles. The molecule has 1 saturated heterocycles. The lowest BCUT2D eigenvalue weighted by Crippen LogP contribution is -2.58. The number of amides is 1. The summed E-state index contributed by atoms with van der Waals surface area (Å²) in [7, 11) is 0. The Bertz CT molecular complexity index is 169. The van der Waals surface area contributed by atoms with Gasteiger partial charge in [-0.15, -0.1) is 12.4 Å². The van der Waals surface area contributed by atoms with Crippen molar-refractivity contribution < 1.29 is 13.6 Å². The molecular formula is C6H11ClF2N2O. The van der Waals surface area contributed by atoms with Crippen LogP contribution in [0.3, 0.4) is 0 Å². The number of carbonyl (C=O) groups is 1. The highest BCUT2D eigenvalue weighted by atomic mass is 35.5. The van der Waals surface area contributed by atoms with Gasteiger partial charge in [0.05, 0.1) is 13.1 Å². The van der Waals surface area contributed by atoms with Crippen molar-refractivity contribution in [1.82, 2.24) is 4.90 Å². The van der Waals surface area contributed by atoms with Crippen LogP contribution in [0.5, 0.6) is 0 Å². The molecule has 1 aliphatic rings. The summed E-state index contributed by atoms with van der Waals surface area (Å²) in [5.74, 6) is -2.94. The zero-order valence-electron chi connectivity index (χ0n) is 6.43. The Kier molecular flexibility index (Phi) is 3.86. The Morgan fingerprint density at radius 2 is 2.00 bits per heavy atom. The monoisotopic (exact) mass is 200 g/mol. The molecule has 0 spiro atoms. The Morgan fingerprint density at radius 3 is 2.33 bits per heavy atom. The lowest BCUT2D eigenvalue weighted by molar-refractivity contribution is -0.165. The average Bonchev–Trinajstić information content (AvgIpc) is 1.83. The van der Waals surface area contributed by atoms with Gasteiger partial charge in [-0.2, -0.15) is 0 Å². The van der Waals surface area contributed by atoms with Crippen molar-refractivity contribution in [2.24, 2.45) is 5.73 Å². The predicted molar refractivity (Wildman–Crippen MR) is 42.4 cm³/mol. The van der Waals surface area contributed by atoms with Gasteiger partial charge in [0.1, 0.15) is 0 Å². The highest BCUT2D eigenvalue weighted by Gasteiger charge is 2.45. The smallest absolute Gasteiger partial charge is 0.282 e. The van der Waals surface area contributed by atoms with Crippen molar-refractivity contribution in [2.75, 3.05) is 19.6 Å². The van der Waals surface area contributed by atoms with E-state index in [9.17, 15) is 13.6 Å². The molecule has 0 atom stereocenters. The topological polar surface area (TPSA) is 46.3 Å². The Hall–Kier alpha value is -0.420. The van der Waals surface area contributed by atoms with Crippen LogP contribution in [0.1, 0.15) is 6.42 Å². The fourth-order valence-electron chi connectivity index (χ4n) is 0.970. The summed E-state index contributed by atoms with van der Waals surface area (Å²) in [6.07, 6.45) is 0.163. The van der Waals surface area contributed by atoms with Gasteiger partial charge in [-0.3, -0.25) is 4.79 Å². The first-order chi connectivity index (χ1) is 5.05. The van der Waals surface area contributed by atoms with E-state index in [1.165, 1.54) is 0 Å². The molecular weight excluding hydrogens is 190 g/mol. The average molecular weight is 201 g/mol. The molecule has 1 rings (SSSR count). The van der Waals surface area contributed by atoms with Gasteiger partial charge in [-0.1, -0.05) is 0 Å². The maximum absolute atomic E-state index is 12.2. The first kappa shape index (κ1) is 11.6. The van der Waals surface area contributed by atoms with Gasteiger partial charge in [-0.25, -0.2) is 8.78 Å². The van der Waals surface area contributed by atoms with Gasteiger partial charge in [-0.05, 0) is 0 Å². The summed E-state index contributed by atoms with van der Waals surface area (Å²) < 4.78 is 24.3. The molecule has 3 nitrogen and oxygen atoms in total. The number of hydrogen-bond acceptors (Lipinski definition) is 2. The number of nitrogens with zero attached hydrogens (tertiary/aromatic N) is 1.